The third-order valence-electron chi connectivity index (χ3n) is 3.59. The fourth-order valence-electron chi connectivity index (χ4n) is 2.08. The lowest BCUT2D eigenvalue weighted by Crippen LogP contribution is -2.40. The number of benzene rings is 1. The predicted octanol–water partition coefficient (Wildman–Crippen LogP) is 2.64. The van der Waals surface area contributed by atoms with Crippen LogP contribution in [0.25, 0.3) is 0 Å². The van der Waals surface area contributed by atoms with Gasteiger partial charge in [0.15, 0.2) is 0 Å². The van der Waals surface area contributed by atoms with Gasteiger partial charge in [-0.2, -0.15) is 0 Å². The summed E-state index contributed by atoms with van der Waals surface area (Å²) in [4.78, 5) is -0.0938. The normalized spacial score (nSPS) is 18.1. The molecule has 1 fully saturated rings. The Bertz CT molecular complexity index is 600. The Morgan fingerprint density at radius 2 is 2.11 bits per heavy atom. The molecule has 1 aliphatic carbocycles. The molecule has 2 rings (SSSR count). The summed E-state index contributed by atoms with van der Waals surface area (Å²) in [6, 6.07) is 2.19. The molecule has 106 valence electrons. The molecule has 1 aliphatic rings. The first-order valence-electron chi connectivity index (χ1n) is 5.98. The van der Waals surface area contributed by atoms with E-state index in [2.05, 4.69) is 20.7 Å². The van der Waals surface area contributed by atoms with Gasteiger partial charge < -0.3 is 5.73 Å². The van der Waals surface area contributed by atoms with Crippen molar-refractivity contribution >= 4 is 31.6 Å². The molecule has 0 atom stereocenters. The van der Waals surface area contributed by atoms with E-state index in [0.717, 1.165) is 25.3 Å². The molecule has 0 aliphatic heterocycles. The van der Waals surface area contributed by atoms with E-state index in [1.54, 1.807) is 0 Å². The van der Waals surface area contributed by atoms with E-state index < -0.39 is 15.8 Å². The lowest BCUT2D eigenvalue weighted by atomic mass is 9.71. The van der Waals surface area contributed by atoms with Gasteiger partial charge in [-0.1, -0.05) is 13.3 Å². The molecule has 1 saturated carbocycles. The summed E-state index contributed by atoms with van der Waals surface area (Å²) in [7, 11) is -3.71. The van der Waals surface area contributed by atoms with Crippen molar-refractivity contribution in [1.82, 2.24) is 4.72 Å². The Hall–Kier alpha value is -0.660. The molecular formula is C12H16BrFN2O2S. The van der Waals surface area contributed by atoms with Crippen LogP contribution in [0.4, 0.5) is 10.1 Å². The summed E-state index contributed by atoms with van der Waals surface area (Å²) in [6.45, 7) is 2.42. The number of nitrogen functional groups attached to an aromatic ring is 1. The summed E-state index contributed by atoms with van der Waals surface area (Å²) >= 11 is 2.97. The molecule has 7 heteroatoms. The zero-order chi connectivity index (χ0) is 14.3. The molecule has 1 aromatic rings. The van der Waals surface area contributed by atoms with Crippen LogP contribution in [0.5, 0.6) is 0 Å². The number of hydrogen-bond acceptors (Lipinski definition) is 3. The highest BCUT2D eigenvalue weighted by Crippen LogP contribution is 2.39. The summed E-state index contributed by atoms with van der Waals surface area (Å²) in [5.74, 6) is -0.581. The average molecular weight is 351 g/mol. The van der Waals surface area contributed by atoms with Gasteiger partial charge >= 0.3 is 0 Å². The highest BCUT2D eigenvalue weighted by molar-refractivity contribution is 9.10. The second-order valence-corrected chi connectivity index (χ2v) is 7.88. The standard InChI is InChI=1S/C12H16BrFN2O2S/c1-12(3-2-4-12)7-16-19(17,18)11-5-8(13)9(14)6-10(11)15/h5-6,16H,2-4,7,15H2,1H3. The highest BCUT2D eigenvalue weighted by atomic mass is 79.9. The fourth-order valence-corrected chi connectivity index (χ4v) is 3.91. The fraction of sp³-hybridized carbons (Fsp3) is 0.500. The SMILES string of the molecule is CC1(CNS(=O)(=O)c2cc(Br)c(F)cc2N)CCC1. The molecule has 0 heterocycles. The van der Waals surface area contributed by atoms with Crippen molar-refractivity contribution in [2.75, 3.05) is 12.3 Å². The third kappa shape index (κ3) is 3.09. The number of hydrogen-bond donors (Lipinski definition) is 2. The maximum absolute atomic E-state index is 13.2. The van der Waals surface area contributed by atoms with Crippen LogP contribution in [0, 0.1) is 11.2 Å². The Balaban J connectivity index is 2.22. The van der Waals surface area contributed by atoms with Crippen LogP contribution in [0.1, 0.15) is 26.2 Å². The van der Waals surface area contributed by atoms with Crippen molar-refractivity contribution < 1.29 is 12.8 Å². The molecule has 4 nitrogen and oxygen atoms in total. The van der Waals surface area contributed by atoms with Crippen LogP contribution in [-0.4, -0.2) is 15.0 Å². The van der Waals surface area contributed by atoms with Crippen molar-refractivity contribution in [1.29, 1.82) is 0 Å². The quantitative estimate of drug-likeness (QED) is 0.820. The van der Waals surface area contributed by atoms with Crippen LogP contribution in [0.3, 0.4) is 0 Å². The minimum absolute atomic E-state index is 0.0269. The molecule has 0 unspecified atom stereocenters. The first kappa shape index (κ1) is 14.7. The predicted molar refractivity (Wildman–Crippen MR) is 75.7 cm³/mol. The van der Waals surface area contributed by atoms with E-state index in [-0.39, 0.29) is 20.5 Å². The van der Waals surface area contributed by atoms with Crippen molar-refractivity contribution in [2.45, 2.75) is 31.1 Å². The Kier molecular flexibility index (Phi) is 3.90. The summed E-state index contributed by atoms with van der Waals surface area (Å²) in [6.07, 6.45) is 3.15. The van der Waals surface area contributed by atoms with Crippen molar-refractivity contribution in [3.8, 4) is 0 Å². The van der Waals surface area contributed by atoms with Gasteiger partial charge in [0, 0.05) is 6.54 Å². The molecule has 19 heavy (non-hydrogen) atoms. The molecule has 0 radical (unpaired) electrons. The second kappa shape index (κ2) is 5.03. The monoisotopic (exact) mass is 350 g/mol. The van der Waals surface area contributed by atoms with Crippen LogP contribution in [-0.2, 0) is 10.0 Å². The number of nitrogens with two attached hydrogens (primary N) is 1. The Morgan fingerprint density at radius 1 is 1.47 bits per heavy atom. The van der Waals surface area contributed by atoms with E-state index in [9.17, 15) is 12.8 Å². The van der Waals surface area contributed by atoms with Gasteiger partial charge in [0.25, 0.3) is 0 Å². The number of nitrogens with one attached hydrogen (secondary N) is 1. The van der Waals surface area contributed by atoms with Gasteiger partial charge in [-0.3, -0.25) is 0 Å². The van der Waals surface area contributed by atoms with Gasteiger partial charge in [0.1, 0.15) is 10.7 Å². The highest BCUT2D eigenvalue weighted by Gasteiger charge is 2.33. The topological polar surface area (TPSA) is 72.2 Å². The van der Waals surface area contributed by atoms with Crippen LogP contribution in [0.15, 0.2) is 21.5 Å². The smallest absolute Gasteiger partial charge is 0.242 e. The summed E-state index contributed by atoms with van der Waals surface area (Å²) < 4.78 is 40.2. The summed E-state index contributed by atoms with van der Waals surface area (Å²) in [5, 5.41) is 0. The van der Waals surface area contributed by atoms with E-state index in [1.807, 2.05) is 6.92 Å². The van der Waals surface area contributed by atoms with Gasteiger partial charge in [-0.25, -0.2) is 17.5 Å². The largest absolute Gasteiger partial charge is 0.398 e. The van der Waals surface area contributed by atoms with E-state index in [0.29, 0.717) is 6.54 Å². The average Bonchev–Trinajstić information content (AvgIpc) is 2.28. The van der Waals surface area contributed by atoms with Crippen molar-refractivity contribution in [3.63, 3.8) is 0 Å². The maximum atomic E-state index is 13.2. The minimum atomic E-state index is -3.71. The zero-order valence-corrected chi connectivity index (χ0v) is 12.9. The zero-order valence-electron chi connectivity index (χ0n) is 10.5. The first-order chi connectivity index (χ1) is 8.73. The lowest BCUT2D eigenvalue weighted by Gasteiger charge is -2.38. The number of halogens is 2. The van der Waals surface area contributed by atoms with Gasteiger partial charge in [0.05, 0.1) is 10.2 Å². The Labute approximate surface area is 120 Å². The van der Waals surface area contributed by atoms with E-state index in [4.69, 9.17) is 5.73 Å². The Morgan fingerprint density at radius 3 is 2.63 bits per heavy atom. The third-order valence-corrected chi connectivity index (χ3v) is 5.66. The summed E-state index contributed by atoms with van der Waals surface area (Å²) in [5.41, 5.74) is 5.52. The van der Waals surface area contributed by atoms with Gasteiger partial charge in [-0.15, -0.1) is 0 Å². The molecule has 0 aromatic heterocycles. The lowest BCUT2D eigenvalue weighted by molar-refractivity contribution is 0.166. The molecule has 0 amide bonds. The first-order valence-corrected chi connectivity index (χ1v) is 8.25. The number of sulfonamides is 1. The van der Waals surface area contributed by atoms with Gasteiger partial charge in [0.2, 0.25) is 10.0 Å². The van der Waals surface area contributed by atoms with E-state index >= 15 is 0 Å². The van der Waals surface area contributed by atoms with Gasteiger partial charge in [-0.05, 0) is 46.3 Å². The van der Waals surface area contributed by atoms with E-state index in [1.165, 1.54) is 6.07 Å². The maximum Gasteiger partial charge on any atom is 0.242 e. The van der Waals surface area contributed by atoms with Crippen molar-refractivity contribution in [2.24, 2.45) is 5.41 Å². The minimum Gasteiger partial charge on any atom is -0.398 e. The van der Waals surface area contributed by atoms with Crippen LogP contribution in [0.2, 0.25) is 0 Å². The van der Waals surface area contributed by atoms with Crippen LogP contribution >= 0.6 is 15.9 Å². The van der Waals surface area contributed by atoms with Crippen LogP contribution < -0.4 is 10.5 Å². The molecule has 0 saturated heterocycles. The molecule has 3 N–H and O–H groups in total. The molecular weight excluding hydrogens is 335 g/mol. The molecule has 1 aromatic carbocycles. The molecule has 0 spiro atoms. The van der Waals surface area contributed by atoms with Crippen molar-refractivity contribution in [3.05, 3.63) is 22.4 Å². The number of rotatable bonds is 4. The second-order valence-electron chi connectivity index (χ2n) is 5.29. The molecule has 0 bridgehead atoms. The number of anilines is 1.